The smallest absolute Gasteiger partial charge is 0.320 e. The van der Waals surface area contributed by atoms with Crippen LogP contribution in [0.2, 0.25) is 0 Å². The van der Waals surface area contributed by atoms with Crippen LogP contribution in [0.3, 0.4) is 0 Å². The van der Waals surface area contributed by atoms with Crippen LogP contribution in [0.4, 0.5) is 0 Å². The number of aliphatic carboxylic acids is 1. The molecule has 1 heterocycles. The van der Waals surface area contributed by atoms with Crippen molar-refractivity contribution in [2.75, 3.05) is 0 Å². The Bertz CT molecular complexity index is 328. The van der Waals surface area contributed by atoms with Crippen molar-refractivity contribution in [3.63, 3.8) is 0 Å². The van der Waals surface area contributed by atoms with Crippen molar-refractivity contribution in [3.05, 3.63) is 0 Å². The van der Waals surface area contributed by atoms with Gasteiger partial charge in [-0.3, -0.25) is 14.6 Å². The number of Topliss-reactive ketones (excluding diaryl/α,β-unsaturated/α-hetero) is 1. The molecule has 3 atom stereocenters. The molecule has 0 saturated heterocycles. The predicted octanol–water partition coefficient (Wildman–Crippen LogP) is 1.40. The standard InChI is InChI=1S/C13H22N2O3/c1-9-7-8-15-12(9)11(16)6-4-2-3-5-10(14)13(17)18/h8-10,12H,2-7,14H2,1H3,(H,17,18)/t9-,10+,12-/m1/s1. The molecule has 1 rings (SSSR count). The van der Waals surface area contributed by atoms with Gasteiger partial charge in [0.15, 0.2) is 5.78 Å². The van der Waals surface area contributed by atoms with Crippen molar-refractivity contribution in [3.8, 4) is 0 Å². The highest BCUT2D eigenvalue weighted by atomic mass is 16.4. The molecule has 1 aliphatic heterocycles. The number of nitrogens with zero attached hydrogens (tertiary/aromatic N) is 1. The molecule has 0 aliphatic carbocycles. The Kier molecular flexibility index (Phi) is 5.98. The number of carbonyl (C=O) groups excluding carboxylic acids is 1. The number of carbonyl (C=O) groups is 2. The van der Waals surface area contributed by atoms with Gasteiger partial charge in [0.2, 0.25) is 0 Å². The van der Waals surface area contributed by atoms with Gasteiger partial charge in [0.05, 0.1) is 0 Å². The Labute approximate surface area is 107 Å². The van der Waals surface area contributed by atoms with E-state index in [4.69, 9.17) is 10.8 Å². The predicted molar refractivity (Wildman–Crippen MR) is 69.8 cm³/mol. The van der Waals surface area contributed by atoms with Gasteiger partial charge in [0, 0.05) is 6.42 Å². The van der Waals surface area contributed by atoms with Crippen LogP contribution in [0.25, 0.3) is 0 Å². The van der Waals surface area contributed by atoms with Crippen LogP contribution in [0.15, 0.2) is 4.99 Å². The van der Waals surface area contributed by atoms with Gasteiger partial charge in [-0.2, -0.15) is 0 Å². The fourth-order valence-electron chi connectivity index (χ4n) is 2.13. The van der Waals surface area contributed by atoms with Gasteiger partial charge in [-0.15, -0.1) is 0 Å². The first-order valence-electron chi connectivity index (χ1n) is 6.55. The zero-order valence-corrected chi connectivity index (χ0v) is 10.8. The van der Waals surface area contributed by atoms with E-state index in [0.717, 1.165) is 25.7 Å². The summed E-state index contributed by atoms with van der Waals surface area (Å²) in [4.78, 5) is 26.5. The number of hydrogen-bond acceptors (Lipinski definition) is 4. The highest BCUT2D eigenvalue weighted by Crippen LogP contribution is 2.20. The third-order valence-electron chi connectivity index (χ3n) is 3.37. The molecular weight excluding hydrogens is 232 g/mol. The first-order chi connectivity index (χ1) is 8.52. The van der Waals surface area contributed by atoms with Crippen molar-refractivity contribution in [2.45, 2.75) is 57.5 Å². The highest BCUT2D eigenvalue weighted by Gasteiger charge is 2.26. The molecule has 5 nitrogen and oxygen atoms in total. The van der Waals surface area contributed by atoms with E-state index in [9.17, 15) is 9.59 Å². The zero-order valence-electron chi connectivity index (χ0n) is 10.8. The molecule has 0 radical (unpaired) electrons. The minimum atomic E-state index is -0.958. The number of carboxylic acid groups (broad SMARTS) is 1. The monoisotopic (exact) mass is 254 g/mol. The first kappa shape index (κ1) is 14.8. The molecular formula is C13H22N2O3. The van der Waals surface area contributed by atoms with E-state index < -0.39 is 12.0 Å². The Morgan fingerprint density at radius 2 is 2.17 bits per heavy atom. The number of ketones is 1. The molecule has 0 aromatic rings. The van der Waals surface area contributed by atoms with Crippen molar-refractivity contribution in [1.82, 2.24) is 0 Å². The van der Waals surface area contributed by atoms with E-state index in [1.807, 2.05) is 13.1 Å². The summed E-state index contributed by atoms with van der Waals surface area (Å²) in [5.74, 6) is -0.420. The molecule has 0 amide bonds. The lowest BCUT2D eigenvalue weighted by molar-refractivity contribution is -0.138. The van der Waals surface area contributed by atoms with Crippen molar-refractivity contribution in [2.24, 2.45) is 16.6 Å². The normalized spacial score (nSPS) is 24.1. The fourth-order valence-corrected chi connectivity index (χ4v) is 2.13. The third kappa shape index (κ3) is 4.56. The molecule has 0 bridgehead atoms. The van der Waals surface area contributed by atoms with Gasteiger partial charge in [0.25, 0.3) is 0 Å². The summed E-state index contributed by atoms with van der Waals surface area (Å²) in [7, 11) is 0. The molecule has 1 aliphatic rings. The van der Waals surface area contributed by atoms with Crippen LogP contribution in [-0.4, -0.2) is 35.2 Å². The number of nitrogens with two attached hydrogens (primary N) is 1. The Balaban J connectivity index is 2.09. The molecule has 0 aromatic heterocycles. The van der Waals surface area contributed by atoms with Gasteiger partial charge in [-0.05, 0) is 31.4 Å². The Morgan fingerprint density at radius 3 is 2.72 bits per heavy atom. The van der Waals surface area contributed by atoms with Gasteiger partial charge < -0.3 is 10.8 Å². The van der Waals surface area contributed by atoms with Crippen LogP contribution in [-0.2, 0) is 9.59 Å². The van der Waals surface area contributed by atoms with E-state index >= 15 is 0 Å². The first-order valence-corrected chi connectivity index (χ1v) is 6.55. The van der Waals surface area contributed by atoms with Gasteiger partial charge in [-0.1, -0.05) is 19.8 Å². The van der Waals surface area contributed by atoms with Crippen molar-refractivity contribution < 1.29 is 14.7 Å². The number of hydrogen-bond donors (Lipinski definition) is 2. The van der Waals surface area contributed by atoms with Crippen LogP contribution in [0, 0.1) is 5.92 Å². The van der Waals surface area contributed by atoms with E-state index in [2.05, 4.69) is 4.99 Å². The lowest BCUT2D eigenvalue weighted by atomic mass is 9.95. The van der Waals surface area contributed by atoms with Crippen LogP contribution in [0.5, 0.6) is 0 Å². The van der Waals surface area contributed by atoms with Gasteiger partial charge in [-0.25, -0.2) is 0 Å². The summed E-state index contributed by atoms with van der Waals surface area (Å²) < 4.78 is 0. The molecule has 0 fully saturated rings. The number of carboxylic acids is 1. The Morgan fingerprint density at radius 1 is 1.44 bits per heavy atom. The largest absolute Gasteiger partial charge is 0.480 e. The van der Waals surface area contributed by atoms with E-state index in [1.165, 1.54) is 0 Å². The van der Waals surface area contributed by atoms with Crippen LogP contribution >= 0.6 is 0 Å². The second-order valence-electron chi connectivity index (χ2n) is 5.00. The fraction of sp³-hybridized carbons (Fsp3) is 0.769. The number of aliphatic imine (C=N–C) groups is 1. The molecule has 0 unspecified atom stereocenters. The lowest BCUT2D eigenvalue weighted by Gasteiger charge is -2.12. The minimum absolute atomic E-state index is 0.147. The van der Waals surface area contributed by atoms with Gasteiger partial charge >= 0.3 is 5.97 Å². The topological polar surface area (TPSA) is 92.8 Å². The summed E-state index contributed by atoms with van der Waals surface area (Å²) in [6, 6.07) is -0.925. The second kappa shape index (κ2) is 7.26. The maximum atomic E-state index is 11.8. The average Bonchev–Trinajstić information content (AvgIpc) is 2.74. The highest BCUT2D eigenvalue weighted by molar-refractivity contribution is 5.87. The van der Waals surface area contributed by atoms with E-state index in [-0.39, 0.29) is 11.8 Å². The molecule has 5 heteroatoms. The number of rotatable bonds is 8. The maximum Gasteiger partial charge on any atom is 0.320 e. The molecule has 0 spiro atoms. The maximum absolute atomic E-state index is 11.8. The summed E-state index contributed by atoms with van der Waals surface area (Å²) >= 11 is 0. The molecule has 3 N–H and O–H groups in total. The van der Waals surface area contributed by atoms with Crippen molar-refractivity contribution >= 4 is 18.0 Å². The minimum Gasteiger partial charge on any atom is -0.480 e. The summed E-state index contributed by atoms with van der Waals surface area (Å²) in [6.07, 6.45) is 6.13. The summed E-state index contributed by atoms with van der Waals surface area (Å²) in [5.41, 5.74) is 5.39. The second-order valence-corrected chi connectivity index (χ2v) is 5.00. The van der Waals surface area contributed by atoms with Gasteiger partial charge in [0.1, 0.15) is 12.1 Å². The quantitative estimate of drug-likeness (QED) is 0.640. The van der Waals surface area contributed by atoms with E-state index in [1.54, 1.807) is 0 Å². The van der Waals surface area contributed by atoms with Crippen molar-refractivity contribution in [1.29, 1.82) is 0 Å². The molecule has 0 saturated carbocycles. The molecule has 102 valence electrons. The molecule has 0 aromatic carbocycles. The lowest BCUT2D eigenvalue weighted by Crippen LogP contribution is -2.29. The van der Waals surface area contributed by atoms with Crippen LogP contribution in [0.1, 0.15) is 45.4 Å². The summed E-state index contributed by atoms with van der Waals surface area (Å²) in [6.45, 7) is 2.04. The molecule has 18 heavy (non-hydrogen) atoms. The number of unbranched alkanes of at least 4 members (excludes halogenated alkanes) is 2. The van der Waals surface area contributed by atoms with E-state index in [0.29, 0.717) is 18.8 Å². The third-order valence-corrected chi connectivity index (χ3v) is 3.37. The average molecular weight is 254 g/mol. The summed E-state index contributed by atoms with van der Waals surface area (Å²) in [5, 5.41) is 8.60. The zero-order chi connectivity index (χ0) is 13.5. The van der Waals surface area contributed by atoms with Crippen LogP contribution < -0.4 is 5.73 Å². The SMILES string of the molecule is C[C@@H]1CC=N[C@H]1C(=O)CCCCC[C@H](N)C(=O)O. The Hall–Kier alpha value is -1.23.